The summed E-state index contributed by atoms with van der Waals surface area (Å²) in [7, 11) is 0. The van der Waals surface area contributed by atoms with Gasteiger partial charge < -0.3 is 35.3 Å². The Balaban J connectivity index is 1.70. The number of phenolic OH excluding ortho intramolecular Hbond substituents is 4. The zero-order valence-corrected chi connectivity index (χ0v) is 19.0. The highest BCUT2D eigenvalue weighted by Crippen LogP contribution is 2.39. The molecule has 34 heavy (non-hydrogen) atoms. The summed E-state index contributed by atoms with van der Waals surface area (Å²) in [6, 6.07) is 9.77. The average Bonchev–Trinajstić information content (AvgIpc) is 2.78. The molecule has 0 unspecified atom stereocenters. The molecule has 1 heterocycles. The van der Waals surface area contributed by atoms with Crippen molar-refractivity contribution < 1.29 is 29.9 Å². The summed E-state index contributed by atoms with van der Waals surface area (Å²) >= 11 is 12.1. The fourth-order valence-corrected chi connectivity index (χ4v) is 4.07. The minimum atomic E-state index is -0.921. The minimum absolute atomic E-state index is 0.0573. The molecule has 1 aromatic heterocycles. The quantitative estimate of drug-likeness (QED) is 0.165. The van der Waals surface area contributed by atoms with Gasteiger partial charge in [0.1, 0.15) is 16.9 Å². The molecule has 0 aliphatic carbocycles. The van der Waals surface area contributed by atoms with Crippen LogP contribution in [0.5, 0.6) is 28.7 Å². The summed E-state index contributed by atoms with van der Waals surface area (Å²) in [4.78, 5) is 12.8. The summed E-state index contributed by atoms with van der Waals surface area (Å²) in [6.45, 7) is 0.506. The lowest BCUT2D eigenvalue weighted by atomic mass is 10.0. The van der Waals surface area contributed by atoms with Crippen molar-refractivity contribution in [2.24, 2.45) is 0 Å². The Kier molecular flexibility index (Phi) is 6.47. The first-order valence-corrected chi connectivity index (χ1v) is 10.8. The molecule has 176 valence electrons. The van der Waals surface area contributed by atoms with Gasteiger partial charge in [-0.15, -0.1) is 0 Å². The summed E-state index contributed by atoms with van der Waals surface area (Å²) in [5.41, 5.74) is 0.0851. The van der Waals surface area contributed by atoms with Crippen molar-refractivity contribution >= 4 is 34.2 Å². The maximum absolute atomic E-state index is 12.8. The molecule has 0 atom stereocenters. The van der Waals surface area contributed by atoms with Crippen LogP contribution in [-0.2, 0) is 13.0 Å². The zero-order valence-electron chi connectivity index (χ0n) is 17.5. The minimum Gasteiger partial charge on any atom is -0.507 e. The molecule has 0 spiro atoms. The van der Waals surface area contributed by atoms with Gasteiger partial charge >= 0.3 is 0 Å². The van der Waals surface area contributed by atoms with Gasteiger partial charge in [0.2, 0.25) is 11.2 Å². The predicted octanol–water partition coefficient (Wildman–Crippen LogP) is 4.63. The van der Waals surface area contributed by atoms with E-state index in [-0.39, 0.29) is 40.2 Å². The topological polar surface area (TPSA) is 143 Å². The van der Waals surface area contributed by atoms with Crippen molar-refractivity contribution in [1.29, 1.82) is 0 Å². The molecular formula is C24H19Cl2NO7. The van der Waals surface area contributed by atoms with E-state index >= 15 is 0 Å². The van der Waals surface area contributed by atoms with Gasteiger partial charge in [-0.3, -0.25) is 4.79 Å². The Hall–Kier alpha value is -3.59. The Morgan fingerprint density at radius 3 is 2.32 bits per heavy atom. The lowest BCUT2D eigenvalue weighted by Crippen LogP contribution is -2.17. The second-order valence-electron chi connectivity index (χ2n) is 7.57. The molecule has 10 heteroatoms. The number of halogens is 2. The van der Waals surface area contributed by atoms with Crippen LogP contribution in [0.25, 0.3) is 22.3 Å². The van der Waals surface area contributed by atoms with Crippen LogP contribution >= 0.6 is 23.2 Å². The van der Waals surface area contributed by atoms with Crippen LogP contribution in [0.4, 0.5) is 0 Å². The third-order valence-corrected chi connectivity index (χ3v) is 5.91. The number of nitrogens with one attached hydrogen (secondary N) is 1. The van der Waals surface area contributed by atoms with Crippen LogP contribution in [0.2, 0.25) is 10.0 Å². The predicted molar refractivity (Wildman–Crippen MR) is 128 cm³/mol. The van der Waals surface area contributed by atoms with Crippen molar-refractivity contribution in [2.75, 3.05) is 6.54 Å². The fourth-order valence-electron chi connectivity index (χ4n) is 3.57. The molecule has 0 fully saturated rings. The standard InChI is InChI=1S/C24H19Cl2NO7/c25-13-3-1-11(15(26)8-13)5-6-27-10-14-17(29)9-19(31)20-21(32)22(33)23(34-24(14)20)12-2-4-16(28)18(30)7-12/h1-4,7-9,27-31,33H,5-6,10H2. The van der Waals surface area contributed by atoms with Crippen LogP contribution in [0, 0.1) is 0 Å². The SMILES string of the molecule is O=c1c(O)c(-c2ccc(O)c(O)c2)oc2c(CNCCc3ccc(Cl)cc3Cl)c(O)cc(O)c12. The first kappa shape index (κ1) is 23.6. The number of hydrogen-bond acceptors (Lipinski definition) is 8. The highest BCUT2D eigenvalue weighted by Gasteiger charge is 2.23. The molecule has 0 radical (unpaired) electrons. The number of benzene rings is 3. The first-order valence-electron chi connectivity index (χ1n) is 10.1. The summed E-state index contributed by atoms with van der Waals surface area (Å²) < 4.78 is 5.76. The maximum Gasteiger partial charge on any atom is 0.238 e. The van der Waals surface area contributed by atoms with Crippen molar-refractivity contribution in [1.82, 2.24) is 5.32 Å². The van der Waals surface area contributed by atoms with Crippen molar-refractivity contribution in [3.05, 3.63) is 73.9 Å². The number of hydrogen-bond donors (Lipinski definition) is 6. The average molecular weight is 504 g/mol. The summed E-state index contributed by atoms with van der Waals surface area (Å²) in [5.74, 6) is -2.86. The molecule has 6 N–H and O–H groups in total. The van der Waals surface area contributed by atoms with E-state index in [1.165, 1.54) is 12.1 Å². The van der Waals surface area contributed by atoms with Gasteiger partial charge in [0, 0.05) is 28.2 Å². The molecular weight excluding hydrogens is 485 g/mol. The van der Waals surface area contributed by atoms with Crippen LogP contribution in [0.1, 0.15) is 11.1 Å². The third kappa shape index (κ3) is 4.43. The maximum atomic E-state index is 12.8. The number of rotatable bonds is 6. The van der Waals surface area contributed by atoms with Crippen molar-refractivity contribution in [3.63, 3.8) is 0 Å². The summed E-state index contributed by atoms with van der Waals surface area (Å²) in [6.07, 6.45) is 0.551. The first-order chi connectivity index (χ1) is 16.2. The van der Waals surface area contributed by atoms with Gasteiger partial charge in [-0.2, -0.15) is 0 Å². The fraction of sp³-hybridized carbons (Fsp3) is 0.125. The molecule has 4 aromatic rings. The Labute approximate surface area is 202 Å². The molecule has 8 nitrogen and oxygen atoms in total. The monoisotopic (exact) mass is 503 g/mol. The molecule has 0 amide bonds. The smallest absolute Gasteiger partial charge is 0.238 e. The van der Waals surface area contributed by atoms with E-state index in [4.69, 9.17) is 27.6 Å². The van der Waals surface area contributed by atoms with E-state index in [9.17, 15) is 30.3 Å². The second kappa shape index (κ2) is 9.34. The lowest BCUT2D eigenvalue weighted by Gasteiger charge is -2.13. The van der Waals surface area contributed by atoms with Crippen LogP contribution < -0.4 is 10.7 Å². The van der Waals surface area contributed by atoms with Crippen LogP contribution in [0.3, 0.4) is 0 Å². The van der Waals surface area contributed by atoms with E-state index in [2.05, 4.69) is 5.32 Å². The molecule has 4 rings (SSSR count). The van der Waals surface area contributed by atoms with Crippen molar-refractivity contribution in [3.8, 4) is 40.1 Å². The second-order valence-corrected chi connectivity index (χ2v) is 8.42. The lowest BCUT2D eigenvalue weighted by molar-refractivity contribution is 0.403. The highest BCUT2D eigenvalue weighted by molar-refractivity contribution is 6.35. The van der Waals surface area contributed by atoms with E-state index in [0.29, 0.717) is 23.0 Å². The molecule has 0 saturated carbocycles. The molecule has 3 aromatic carbocycles. The van der Waals surface area contributed by atoms with Gasteiger partial charge in [-0.1, -0.05) is 29.3 Å². The summed E-state index contributed by atoms with van der Waals surface area (Å²) in [5, 5.41) is 54.3. The van der Waals surface area contributed by atoms with E-state index < -0.39 is 28.4 Å². The van der Waals surface area contributed by atoms with Gasteiger partial charge in [0.15, 0.2) is 22.8 Å². The largest absolute Gasteiger partial charge is 0.507 e. The van der Waals surface area contributed by atoms with Gasteiger partial charge in [-0.05, 0) is 48.9 Å². The number of phenols is 4. The normalized spacial score (nSPS) is 11.2. The Morgan fingerprint density at radius 1 is 0.853 bits per heavy atom. The van der Waals surface area contributed by atoms with Crippen LogP contribution in [0.15, 0.2) is 51.7 Å². The van der Waals surface area contributed by atoms with Gasteiger partial charge in [0.25, 0.3) is 0 Å². The van der Waals surface area contributed by atoms with Crippen molar-refractivity contribution in [2.45, 2.75) is 13.0 Å². The Bertz CT molecular complexity index is 1470. The van der Waals surface area contributed by atoms with Gasteiger partial charge in [-0.25, -0.2) is 0 Å². The molecule has 0 bridgehead atoms. The van der Waals surface area contributed by atoms with E-state index in [0.717, 1.165) is 17.7 Å². The zero-order chi connectivity index (χ0) is 24.6. The number of aromatic hydroxyl groups is 5. The Morgan fingerprint density at radius 2 is 1.62 bits per heavy atom. The molecule has 0 aliphatic heterocycles. The third-order valence-electron chi connectivity index (χ3n) is 5.33. The van der Waals surface area contributed by atoms with E-state index in [1.807, 2.05) is 0 Å². The van der Waals surface area contributed by atoms with Crippen LogP contribution in [-0.4, -0.2) is 32.1 Å². The number of fused-ring (bicyclic) bond motifs is 1. The molecule has 0 aliphatic rings. The molecule has 0 saturated heterocycles. The highest BCUT2D eigenvalue weighted by atomic mass is 35.5. The van der Waals surface area contributed by atoms with Gasteiger partial charge in [0.05, 0.1) is 5.56 Å². The van der Waals surface area contributed by atoms with E-state index in [1.54, 1.807) is 18.2 Å².